The van der Waals surface area contributed by atoms with Gasteiger partial charge in [0.1, 0.15) is 6.61 Å². The lowest BCUT2D eigenvalue weighted by Gasteiger charge is -2.20. The van der Waals surface area contributed by atoms with Crippen LogP contribution in [-0.4, -0.2) is 25.3 Å². The zero-order chi connectivity index (χ0) is 19.2. The topological polar surface area (TPSA) is 111 Å². The summed E-state index contributed by atoms with van der Waals surface area (Å²) in [6, 6.07) is 1.59. The largest absolute Gasteiger partial charge is 0.503 e. The van der Waals surface area contributed by atoms with Gasteiger partial charge < -0.3 is 14.9 Å². The van der Waals surface area contributed by atoms with Crippen molar-refractivity contribution in [3.05, 3.63) is 67.2 Å². The summed E-state index contributed by atoms with van der Waals surface area (Å²) in [5, 5.41) is 18.1. The van der Waals surface area contributed by atoms with E-state index in [4.69, 9.17) is 14.9 Å². The van der Waals surface area contributed by atoms with Crippen LogP contribution in [0.4, 0.5) is 8.78 Å². The standard InChI is InChI=1S/C16H12F2N2O6/c1-7-11-6-26-12(15(23)24)5-19(11)16(25)20(14(7)22)4-8-2-9(17)13(21)10(18)3-8/h2-3,5,21H,4,6H2,1H3,(H,23,24). The highest BCUT2D eigenvalue weighted by Gasteiger charge is 2.23. The van der Waals surface area contributed by atoms with Gasteiger partial charge in [-0.25, -0.2) is 18.4 Å². The first-order chi connectivity index (χ1) is 12.2. The summed E-state index contributed by atoms with van der Waals surface area (Å²) >= 11 is 0. The third-order valence-corrected chi connectivity index (χ3v) is 3.97. The molecule has 136 valence electrons. The number of nitrogens with zero attached hydrogens (tertiary/aromatic N) is 2. The van der Waals surface area contributed by atoms with Crippen LogP contribution in [0.2, 0.25) is 0 Å². The molecule has 1 aromatic carbocycles. The highest BCUT2D eigenvalue weighted by molar-refractivity contribution is 5.88. The van der Waals surface area contributed by atoms with Crippen LogP contribution in [0.1, 0.15) is 16.8 Å². The van der Waals surface area contributed by atoms with Crippen LogP contribution in [0.25, 0.3) is 6.20 Å². The quantitative estimate of drug-likeness (QED) is 0.830. The molecule has 0 bridgehead atoms. The number of carbonyl (C=O) groups is 1. The number of carboxylic acids is 1. The Labute approximate surface area is 143 Å². The van der Waals surface area contributed by atoms with Gasteiger partial charge in [0, 0.05) is 5.56 Å². The molecule has 0 saturated heterocycles. The highest BCUT2D eigenvalue weighted by Crippen LogP contribution is 2.22. The highest BCUT2D eigenvalue weighted by atomic mass is 19.1. The van der Waals surface area contributed by atoms with E-state index in [1.807, 2.05) is 0 Å². The van der Waals surface area contributed by atoms with Crippen molar-refractivity contribution in [1.29, 1.82) is 0 Å². The molecule has 8 nitrogen and oxygen atoms in total. The van der Waals surface area contributed by atoms with Crippen LogP contribution >= 0.6 is 0 Å². The molecule has 3 rings (SSSR count). The molecule has 2 aromatic rings. The van der Waals surface area contributed by atoms with Crippen LogP contribution in [0.5, 0.6) is 5.75 Å². The number of benzene rings is 1. The van der Waals surface area contributed by atoms with Gasteiger partial charge in [-0.3, -0.25) is 13.9 Å². The van der Waals surface area contributed by atoms with Crippen molar-refractivity contribution in [3.8, 4) is 5.75 Å². The Morgan fingerprint density at radius 2 is 1.88 bits per heavy atom. The lowest BCUT2D eigenvalue weighted by molar-refractivity contribution is -0.136. The van der Waals surface area contributed by atoms with Gasteiger partial charge in [-0.2, -0.15) is 0 Å². The first-order valence-corrected chi connectivity index (χ1v) is 7.30. The zero-order valence-electron chi connectivity index (χ0n) is 13.3. The minimum atomic E-state index is -1.39. The van der Waals surface area contributed by atoms with Gasteiger partial charge in [0.05, 0.1) is 18.4 Å². The van der Waals surface area contributed by atoms with Crippen molar-refractivity contribution in [2.24, 2.45) is 0 Å². The molecule has 0 amide bonds. The number of hydrogen-bond donors (Lipinski definition) is 2. The molecule has 2 heterocycles. The summed E-state index contributed by atoms with van der Waals surface area (Å²) in [5.74, 6) is -5.49. The van der Waals surface area contributed by atoms with Crippen molar-refractivity contribution >= 4 is 12.2 Å². The molecule has 0 aliphatic carbocycles. The predicted molar refractivity (Wildman–Crippen MR) is 83.5 cm³/mol. The maximum atomic E-state index is 13.5. The van der Waals surface area contributed by atoms with Gasteiger partial charge in [0.25, 0.3) is 5.56 Å². The molecule has 0 atom stereocenters. The molecule has 0 saturated carbocycles. The molecule has 1 aliphatic rings. The van der Waals surface area contributed by atoms with Gasteiger partial charge in [0.2, 0.25) is 5.76 Å². The second-order valence-electron chi connectivity index (χ2n) is 5.61. The van der Waals surface area contributed by atoms with Crippen molar-refractivity contribution < 1.29 is 28.5 Å². The van der Waals surface area contributed by atoms with Crippen LogP contribution in [-0.2, 0) is 22.7 Å². The summed E-state index contributed by atoms with van der Waals surface area (Å²) < 4.78 is 33.6. The zero-order valence-corrected chi connectivity index (χ0v) is 13.3. The normalized spacial score (nSPS) is 13.0. The number of aliphatic carboxylic acids is 1. The Hall–Kier alpha value is -3.43. The molecule has 0 radical (unpaired) electrons. The van der Waals surface area contributed by atoms with E-state index in [2.05, 4.69) is 0 Å². The van der Waals surface area contributed by atoms with E-state index in [1.165, 1.54) is 6.92 Å². The fourth-order valence-corrected chi connectivity index (χ4v) is 2.60. The van der Waals surface area contributed by atoms with E-state index in [1.54, 1.807) is 0 Å². The average Bonchev–Trinajstić information content (AvgIpc) is 2.60. The molecular formula is C16H12F2N2O6. The SMILES string of the molecule is Cc1c2n(c(=O)n(Cc3cc(F)c(O)c(F)c3)c1=O)C=C(C(=O)O)OC2. The number of rotatable bonds is 3. The maximum Gasteiger partial charge on any atom is 0.372 e. The first-order valence-electron chi connectivity index (χ1n) is 7.30. The number of hydrogen-bond acceptors (Lipinski definition) is 5. The number of halogens is 2. The number of ether oxygens (including phenoxy) is 1. The Balaban J connectivity index is 2.17. The number of aromatic nitrogens is 2. The van der Waals surface area contributed by atoms with Crippen molar-refractivity contribution in [3.63, 3.8) is 0 Å². The second kappa shape index (κ2) is 6.14. The summed E-state index contributed by atoms with van der Waals surface area (Å²) in [7, 11) is 0. The van der Waals surface area contributed by atoms with Gasteiger partial charge >= 0.3 is 11.7 Å². The van der Waals surface area contributed by atoms with Gasteiger partial charge in [0.15, 0.2) is 17.4 Å². The number of phenols is 1. The Bertz CT molecular complexity index is 1060. The Morgan fingerprint density at radius 1 is 1.27 bits per heavy atom. The second-order valence-corrected chi connectivity index (χ2v) is 5.61. The number of aromatic hydroxyl groups is 1. The predicted octanol–water partition coefficient (Wildman–Crippen LogP) is 0.764. The van der Waals surface area contributed by atoms with E-state index in [9.17, 15) is 23.2 Å². The minimum absolute atomic E-state index is 0.0635. The lowest BCUT2D eigenvalue weighted by Crippen LogP contribution is -2.43. The molecule has 1 aliphatic heterocycles. The molecule has 0 fully saturated rings. The molecular weight excluding hydrogens is 354 g/mol. The first kappa shape index (κ1) is 17.4. The van der Waals surface area contributed by atoms with Crippen LogP contribution in [0.15, 0.2) is 27.5 Å². The van der Waals surface area contributed by atoms with E-state index < -0.39 is 46.9 Å². The third kappa shape index (κ3) is 2.75. The van der Waals surface area contributed by atoms with Crippen molar-refractivity contribution in [2.45, 2.75) is 20.1 Å². The molecule has 26 heavy (non-hydrogen) atoms. The summed E-state index contributed by atoms with van der Waals surface area (Å²) in [4.78, 5) is 36.1. The van der Waals surface area contributed by atoms with Gasteiger partial charge in [-0.15, -0.1) is 0 Å². The molecule has 2 N–H and O–H groups in total. The van der Waals surface area contributed by atoms with Crippen LogP contribution in [0.3, 0.4) is 0 Å². The average molecular weight is 366 g/mol. The molecule has 0 spiro atoms. The van der Waals surface area contributed by atoms with Gasteiger partial charge in [-0.05, 0) is 24.6 Å². The van der Waals surface area contributed by atoms with Gasteiger partial charge in [-0.1, -0.05) is 0 Å². The number of carboxylic acid groups (broad SMARTS) is 1. The fraction of sp³-hybridized carbons (Fsp3) is 0.188. The van der Waals surface area contributed by atoms with E-state index >= 15 is 0 Å². The van der Waals surface area contributed by atoms with Crippen molar-refractivity contribution in [1.82, 2.24) is 9.13 Å². The van der Waals surface area contributed by atoms with E-state index in [0.717, 1.165) is 22.9 Å². The summed E-state index contributed by atoms with van der Waals surface area (Å²) in [6.07, 6.45) is 0.935. The molecule has 10 heteroatoms. The smallest absolute Gasteiger partial charge is 0.372 e. The van der Waals surface area contributed by atoms with E-state index in [0.29, 0.717) is 4.57 Å². The van der Waals surface area contributed by atoms with Crippen LogP contribution in [0, 0.1) is 18.6 Å². The fourth-order valence-electron chi connectivity index (χ4n) is 2.60. The molecule has 0 unspecified atom stereocenters. The maximum absolute atomic E-state index is 13.5. The van der Waals surface area contributed by atoms with E-state index in [-0.39, 0.29) is 23.4 Å². The minimum Gasteiger partial charge on any atom is -0.503 e. The summed E-state index contributed by atoms with van der Waals surface area (Å²) in [6.45, 7) is 0.673. The Morgan fingerprint density at radius 3 is 2.46 bits per heavy atom. The molecule has 1 aromatic heterocycles. The number of phenolic OH excluding ortho intramolecular Hbond substituents is 1. The number of fused-ring (bicyclic) bond motifs is 1. The lowest BCUT2D eigenvalue weighted by atomic mass is 10.2. The Kier molecular flexibility index (Phi) is 4.10. The monoisotopic (exact) mass is 366 g/mol. The van der Waals surface area contributed by atoms with Crippen LogP contribution < -0.4 is 11.2 Å². The summed E-state index contributed by atoms with van der Waals surface area (Å²) in [5.41, 5.74) is -1.33. The third-order valence-electron chi connectivity index (χ3n) is 3.97. The van der Waals surface area contributed by atoms with Crippen molar-refractivity contribution in [2.75, 3.05) is 0 Å².